The van der Waals surface area contributed by atoms with E-state index in [0.717, 1.165) is 29.1 Å². The molecule has 20 heavy (non-hydrogen) atoms. The number of aromatic nitrogens is 1. The highest BCUT2D eigenvalue weighted by molar-refractivity contribution is 7.80. The van der Waals surface area contributed by atoms with Crippen LogP contribution in [0.5, 0.6) is 0 Å². The van der Waals surface area contributed by atoms with Gasteiger partial charge < -0.3 is 11.1 Å². The lowest BCUT2D eigenvalue weighted by Crippen LogP contribution is -2.12. The molecule has 0 aliphatic carbocycles. The average molecular weight is 289 g/mol. The molecule has 1 heterocycles. The van der Waals surface area contributed by atoms with E-state index in [-0.39, 0.29) is 5.82 Å². The van der Waals surface area contributed by atoms with Gasteiger partial charge in [-0.05, 0) is 43.2 Å². The lowest BCUT2D eigenvalue weighted by Gasteiger charge is -2.09. The van der Waals surface area contributed by atoms with Crippen LogP contribution in [0.2, 0.25) is 0 Å². The highest BCUT2D eigenvalue weighted by Gasteiger charge is 2.02. The van der Waals surface area contributed by atoms with E-state index >= 15 is 0 Å². The fourth-order valence-corrected chi connectivity index (χ4v) is 2.05. The van der Waals surface area contributed by atoms with E-state index in [1.54, 1.807) is 6.07 Å². The Morgan fingerprint density at radius 1 is 1.35 bits per heavy atom. The maximum atomic E-state index is 13.1. The number of benzene rings is 1. The van der Waals surface area contributed by atoms with Crippen molar-refractivity contribution >= 4 is 23.0 Å². The molecule has 0 saturated carbocycles. The van der Waals surface area contributed by atoms with Crippen molar-refractivity contribution in [2.24, 2.45) is 5.73 Å². The first-order valence-electron chi connectivity index (χ1n) is 6.31. The van der Waals surface area contributed by atoms with E-state index in [0.29, 0.717) is 11.5 Å². The van der Waals surface area contributed by atoms with Crippen LogP contribution in [-0.2, 0) is 6.42 Å². The zero-order chi connectivity index (χ0) is 14.5. The monoisotopic (exact) mass is 289 g/mol. The predicted octanol–water partition coefficient (Wildman–Crippen LogP) is 2.82. The first kappa shape index (κ1) is 14.4. The van der Waals surface area contributed by atoms with Crippen LogP contribution in [0.3, 0.4) is 0 Å². The lowest BCUT2D eigenvalue weighted by molar-refractivity contribution is 0.625. The van der Waals surface area contributed by atoms with Gasteiger partial charge in [-0.1, -0.05) is 24.4 Å². The summed E-state index contributed by atoms with van der Waals surface area (Å²) < 4.78 is 13.1. The number of aryl methyl sites for hydroxylation is 1. The van der Waals surface area contributed by atoms with Gasteiger partial charge in [0.1, 0.15) is 16.6 Å². The van der Waals surface area contributed by atoms with Crippen LogP contribution in [0, 0.1) is 12.7 Å². The van der Waals surface area contributed by atoms with Crippen LogP contribution in [0.1, 0.15) is 16.8 Å². The van der Waals surface area contributed by atoms with Gasteiger partial charge in [-0.15, -0.1) is 0 Å². The van der Waals surface area contributed by atoms with Gasteiger partial charge in [-0.25, -0.2) is 9.37 Å². The summed E-state index contributed by atoms with van der Waals surface area (Å²) in [6, 6.07) is 10.2. The van der Waals surface area contributed by atoms with Crippen molar-refractivity contribution in [3.8, 4) is 0 Å². The van der Waals surface area contributed by atoms with Gasteiger partial charge in [0.2, 0.25) is 0 Å². The summed E-state index contributed by atoms with van der Waals surface area (Å²) in [7, 11) is 0. The van der Waals surface area contributed by atoms with E-state index in [4.69, 9.17) is 18.0 Å². The molecule has 0 radical (unpaired) electrons. The second-order valence-electron chi connectivity index (χ2n) is 4.55. The molecular weight excluding hydrogens is 273 g/mol. The summed E-state index contributed by atoms with van der Waals surface area (Å²) in [6.45, 7) is 2.55. The molecule has 1 aromatic heterocycles. The van der Waals surface area contributed by atoms with E-state index in [9.17, 15) is 4.39 Å². The van der Waals surface area contributed by atoms with Crippen molar-refractivity contribution in [2.45, 2.75) is 13.3 Å². The molecule has 5 heteroatoms. The van der Waals surface area contributed by atoms with Gasteiger partial charge >= 0.3 is 0 Å². The summed E-state index contributed by atoms with van der Waals surface area (Å²) >= 11 is 4.97. The Balaban J connectivity index is 1.99. The maximum absolute atomic E-state index is 13.1. The molecule has 0 unspecified atom stereocenters. The standard InChI is InChI=1S/C15H16FN3S/c1-10-7-12(15(17)20)9-14(19-10)18-6-5-11-3-2-4-13(16)8-11/h2-4,7-9H,5-6H2,1H3,(H2,17,20)(H,18,19). The van der Waals surface area contributed by atoms with Crippen molar-refractivity contribution in [2.75, 3.05) is 11.9 Å². The molecule has 0 bridgehead atoms. The summed E-state index contributed by atoms with van der Waals surface area (Å²) in [5.74, 6) is 0.510. The summed E-state index contributed by atoms with van der Waals surface area (Å²) in [5, 5.41) is 3.20. The fraction of sp³-hybridized carbons (Fsp3) is 0.200. The second-order valence-corrected chi connectivity index (χ2v) is 4.99. The molecule has 1 aromatic carbocycles. The third kappa shape index (κ3) is 3.99. The molecular formula is C15H16FN3S. The number of rotatable bonds is 5. The normalized spacial score (nSPS) is 10.3. The Morgan fingerprint density at radius 3 is 2.85 bits per heavy atom. The van der Waals surface area contributed by atoms with Gasteiger partial charge in [-0.2, -0.15) is 0 Å². The topological polar surface area (TPSA) is 50.9 Å². The van der Waals surface area contributed by atoms with Crippen LogP contribution in [0.15, 0.2) is 36.4 Å². The minimum atomic E-state index is -0.216. The van der Waals surface area contributed by atoms with E-state index in [2.05, 4.69) is 10.3 Å². The summed E-state index contributed by atoms with van der Waals surface area (Å²) in [6.07, 6.45) is 0.718. The van der Waals surface area contributed by atoms with Crippen molar-refractivity contribution in [3.05, 3.63) is 59.0 Å². The molecule has 0 aliphatic heterocycles. The van der Waals surface area contributed by atoms with Gasteiger partial charge in [0, 0.05) is 17.8 Å². The number of thiocarbonyl (C=S) groups is 1. The quantitative estimate of drug-likeness (QED) is 0.831. The molecule has 104 valence electrons. The number of anilines is 1. The minimum Gasteiger partial charge on any atom is -0.389 e. The molecule has 2 aromatic rings. The lowest BCUT2D eigenvalue weighted by atomic mass is 10.1. The Labute approximate surface area is 123 Å². The number of hydrogen-bond donors (Lipinski definition) is 2. The Hall–Kier alpha value is -2.01. The van der Waals surface area contributed by atoms with E-state index < -0.39 is 0 Å². The number of nitrogens with two attached hydrogens (primary N) is 1. The maximum Gasteiger partial charge on any atom is 0.126 e. The first-order valence-corrected chi connectivity index (χ1v) is 6.72. The van der Waals surface area contributed by atoms with Crippen LogP contribution in [0.4, 0.5) is 10.2 Å². The first-order chi connectivity index (χ1) is 9.54. The van der Waals surface area contributed by atoms with Crippen molar-refractivity contribution in [3.63, 3.8) is 0 Å². The van der Waals surface area contributed by atoms with Crippen LogP contribution in [0.25, 0.3) is 0 Å². The highest BCUT2D eigenvalue weighted by atomic mass is 32.1. The summed E-state index contributed by atoms with van der Waals surface area (Å²) in [5.41, 5.74) is 8.21. The molecule has 3 N–H and O–H groups in total. The van der Waals surface area contributed by atoms with Gasteiger partial charge in [0.05, 0.1) is 0 Å². The zero-order valence-corrected chi connectivity index (χ0v) is 12.0. The van der Waals surface area contributed by atoms with Crippen LogP contribution >= 0.6 is 12.2 Å². The molecule has 0 saturated heterocycles. The van der Waals surface area contributed by atoms with Crippen LogP contribution in [-0.4, -0.2) is 16.5 Å². The highest BCUT2D eigenvalue weighted by Crippen LogP contribution is 2.11. The van der Waals surface area contributed by atoms with Gasteiger partial charge in [0.15, 0.2) is 0 Å². The number of hydrogen-bond acceptors (Lipinski definition) is 3. The van der Waals surface area contributed by atoms with E-state index in [1.165, 1.54) is 12.1 Å². The van der Waals surface area contributed by atoms with Gasteiger partial charge in [-0.3, -0.25) is 0 Å². The van der Waals surface area contributed by atoms with Crippen LogP contribution < -0.4 is 11.1 Å². The largest absolute Gasteiger partial charge is 0.389 e. The summed E-state index contributed by atoms with van der Waals surface area (Å²) in [4.78, 5) is 4.72. The Kier molecular flexibility index (Phi) is 4.63. The van der Waals surface area contributed by atoms with E-state index in [1.807, 2.05) is 25.1 Å². The minimum absolute atomic E-state index is 0.216. The molecule has 0 spiro atoms. The van der Waals surface area contributed by atoms with Crippen molar-refractivity contribution < 1.29 is 4.39 Å². The third-order valence-electron chi connectivity index (χ3n) is 2.85. The molecule has 0 amide bonds. The predicted molar refractivity (Wildman–Crippen MR) is 83.5 cm³/mol. The zero-order valence-electron chi connectivity index (χ0n) is 11.2. The smallest absolute Gasteiger partial charge is 0.126 e. The number of pyridine rings is 1. The SMILES string of the molecule is Cc1cc(C(N)=S)cc(NCCc2cccc(F)c2)n1. The Morgan fingerprint density at radius 2 is 2.15 bits per heavy atom. The molecule has 0 aliphatic rings. The number of halogens is 1. The van der Waals surface area contributed by atoms with Crippen molar-refractivity contribution in [1.82, 2.24) is 4.98 Å². The molecule has 0 fully saturated rings. The molecule has 3 nitrogen and oxygen atoms in total. The third-order valence-corrected chi connectivity index (χ3v) is 3.08. The number of nitrogens with one attached hydrogen (secondary N) is 1. The number of nitrogens with zero attached hydrogens (tertiary/aromatic N) is 1. The molecule has 2 rings (SSSR count). The van der Waals surface area contributed by atoms with Gasteiger partial charge in [0.25, 0.3) is 0 Å². The second kappa shape index (κ2) is 6.43. The Bertz CT molecular complexity index is 628. The fourth-order valence-electron chi connectivity index (χ4n) is 1.93. The van der Waals surface area contributed by atoms with Crippen molar-refractivity contribution in [1.29, 1.82) is 0 Å². The molecule has 0 atom stereocenters. The average Bonchev–Trinajstić information content (AvgIpc) is 2.38.